The highest BCUT2D eigenvalue weighted by atomic mass is 79.9. The van der Waals surface area contributed by atoms with E-state index in [2.05, 4.69) is 21.2 Å². The second kappa shape index (κ2) is 7.18. The van der Waals surface area contributed by atoms with Crippen LogP contribution in [0.2, 0.25) is 0 Å². The van der Waals surface area contributed by atoms with E-state index >= 15 is 0 Å². The van der Waals surface area contributed by atoms with Gasteiger partial charge < -0.3 is 10.2 Å². The van der Waals surface area contributed by atoms with E-state index in [1.54, 1.807) is 6.07 Å². The summed E-state index contributed by atoms with van der Waals surface area (Å²) >= 11 is 3.25. The van der Waals surface area contributed by atoms with Gasteiger partial charge in [0, 0.05) is 35.6 Å². The van der Waals surface area contributed by atoms with E-state index in [0.717, 1.165) is 36.9 Å². The Bertz CT molecular complexity index is 481. The fraction of sp³-hybridized carbons (Fsp3) is 0.533. The SMILES string of the molecule is CC(NCCCN1CCCC1=O)c1ccc(Br)cc1F. The summed E-state index contributed by atoms with van der Waals surface area (Å²) in [5, 5.41) is 3.30. The van der Waals surface area contributed by atoms with Crippen LogP contribution in [0.5, 0.6) is 0 Å². The predicted molar refractivity (Wildman–Crippen MR) is 80.9 cm³/mol. The van der Waals surface area contributed by atoms with Crippen LogP contribution in [0.4, 0.5) is 4.39 Å². The molecule has 1 aliphatic rings. The Balaban J connectivity index is 1.74. The molecule has 0 radical (unpaired) electrons. The molecule has 0 saturated carbocycles. The summed E-state index contributed by atoms with van der Waals surface area (Å²) in [7, 11) is 0. The van der Waals surface area contributed by atoms with Crippen molar-refractivity contribution in [2.45, 2.75) is 32.2 Å². The van der Waals surface area contributed by atoms with Gasteiger partial charge in [-0.3, -0.25) is 4.79 Å². The van der Waals surface area contributed by atoms with Crippen molar-refractivity contribution in [3.8, 4) is 0 Å². The summed E-state index contributed by atoms with van der Waals surface area (Å²) in [6.45, 7) is 4.41. The molecule has 1 saturated heterocycles. The lowest BCUT2D eigenvalue weighted by Gasteiger charge is -2.18. The van der Waals surface area contributed by atoms with Crippen molar-refractivity contribution in [2.24, 2.45) is 0 Å². The van der Waals surface area contributed by atoms with E-state index in [1.165, 1.54) is 6.07 Å². The van der Waals surface area contributed by atoms with Crippen molar-refractivity contribution in [3.05, 3.63) is 34.1 Å². The second-order valence-electron chi connectivity index (χ2n) is 5.18. The first-order chi connectivity index (χ1) is 9.58. The van der Waals surface area contributed by atoms with Gasteiger partial charge in [-0.05, 0) is 38.4 Å². The Kier molecular flexibility index (Phi) is 5.54. The van der Waals surface area contributed by atoms with Crippen molar-refractivity contribution in [1.82, 2.24) is 10.2 Å². The molecule has 0 spiro atoms. The first kappa shape index (κ1) is 15.4. The quantitative estimate of drug-likeness (QED) is 0.805. The normalized spacial score (nSPS) is 16.8. The highest BCUT2D eigenvalue weighted by Crippen LogP contribution is 2.20. The lowest BCUT2D eigenvalue weighted by atomic mass is 10.1. The average molecular weight is 343 g/mol. The zero-order valence-electron chi connectivity index (χ0n) is 11.7. The molecule has 0 bridgehead atoms. The summed E-state index contributed by atoms with van der Waals surface area (Å²) < 4.78 is 14.5. The number of hydrogen-bond donors (Lipinski definition) is 1. The van der Waals surface area contributed by atoms with Crippen LogP contribution in [0.15, 0.2) is 22.7 Å². The Labute approximate surface area is 127 Å². The molecule has 1 N–H and O–H groups in total. The number of carbonyl (C=O) groups is 1. The van der Waals surface area contributed by atoms with Gasteiger partial charge in [-0.1, -0.05) is 22.0 Å². The molecule has 1 aliphatic heterocycles. The van der Waals surface area contributed by atoms with Crippen molar-refractivity contribution in [1.29, 1.82) is 0 Å². The van der Waals surface area contributed by atoms with E-state index in [9.17, 15) is 9.18 Å². The minimum Gasteiger partial charge on any atom is -0.343 e. The standard InChI is InChI=1S/C15H20BrFN2O/c1-11(13-6-5-12(16)10-14(13)17)18-7-3-9-19-8-2-4-15(19)20/h5-6,10-11,18H,2-4,7-9H2,1H3. The van der Waals surface area contributed by atoms with Crippen LogP contribution in [0.25, 0.3) is 0 Å². The van der Waals surface area contributed by atoms with Crippen LogP contribution >= 0.6 is 15.9 Å². The number of likely N-dealkylation sites (tertiary alicyclic amines) is 1. The Hall–Kier alpha value is -0.940. The molecule has 1 heterocycles. The number of nitrogens with one attached hydrogen (secondary N) is 1. The van der Waals surface area contributed by atoms with E-state index in [-0.39, 0.29) is 17.8 Å². The van der Waals surface area contributed by atoms with Gasteiger partial charge in [-0.25, -0.2) is 4.39 Å². The monoisotopic (exact) mass is 342 g/mol. The zero-order valence-corrected chi connectivity index (χ0v) is 13.2. The summed E-state index contributed by atoms with van der Waals surface area (Å²) in [5.41, 5.74) is 0.672. The minimum absolute atomic E-state index is 0.0302. The summed E-state index contributed by atoms with van der Waals surface area (Å²) in [6.07, 6.45) is 2.56. The fourth-order valence-electron chi connectivity index (χ4n) is 2.49. The number of rotatable bonds is 6. The highest BCUT2D eigenvalue weighted by molar-refractivity contribution is 9.10. The van der Waals surface area contributed by atoms with E-state index in [1.807, 2.05) is 17.9 Å². The molecule has 0 aliphatic carbocycles. The van der Waals surface area contributed by atoms with Gasteiger partial charge in [0.05, 0.1) is 0 Å². The molecule has 5 heteroatoms. The average Bonchev–Trinajstić information content (AvgIpc) is 2.80. The molecule has 0 aromatic heterocycles. The molecule has 1 aromatic rings. The number of nitrogens with zero attached hydrogens (tertiary/aromatic N) is 1. The molecule has 1 aromatic carbocycles. The fourth-order valence-corrected chi connectivity index (χ4v) is 2.82. The van der Waals surface area contributed by atoms with Crippen molar-refractivity contribution >= 4 is 21.8 Å². The molecule has 20 heavy (non-hydrogen) atoms. The number of amides is 1. The lowest BCUT2D eigenvalue weighted by molar-refractivity contribution is -0.127. The van der Waals surface area contributed by atoms with Gasteiger partial charge in [-0.2, -0.15) is 0 Å². The zero-order chi connectivity index (χ0) is 14.5. The number of carbonyl (C=O) groups excluding carboxylic acids is 1. The van der Waals surface area contributed by atoms with E-state index < -0.39 is 0 Å². The van der Waals surface area contributed by atoms with Crippen molar-refractivity contribution < 1.29 is 9.18 Å². The minimum atomic E-state index is -0.200. The van der Waals surface area contributed by atoms with Gasteiger partial charge in [0.25, 0.3) is 0 Å². The predicted octanol–water partition coefficient (Wildman–Crippen LogP) is 3.25. The molecule has 1 unspecified atom stereocenters. The van der Waals surface area contributed by atoms with Gasteiger partial charge in [0.2, 0.25) is 5.91 Å². The first-order valence-electron chi connectivity index (χ1n) is 7.04. The maximum Gasteiger partial charge on any atom is 0.222 e. The molecular formula is C15H20BrFN2O. The highest BCUT2D eigenvalue weighted by Gasteiger charge is 2.19. The molecule has 2 rings (SSSR count). The molecule has 1 atom stereocenters. The summed E-state index contributed by atoms with van der Waals surface area (Å²) in [6, 6.07) is 5.09. The summed E-state index contributed by atoms with van der Waals surface area (Å²) in [5.74, 6) is 0.0612. The maximum absolute atomic E-state index is 13.8. The van der Waals surface area contributed by atoms with Crippen LogP contribution in [-0.4, -0.2) is 30.4 Å². The Morgan fingerprint density at radius 1 is 1.50 bits per heavy atom. The molecule has 110 valence electrons. The van der Waals surface area contributed by atoms with Gasteiger partial charge in [0.15, 0.2) is 0 Å². The van der Waals surface area contributed by atoms with Crippen molar-refractivity contribution in [2.75, 3.05) is 19.6 Å². The van der Waals surface area contributed by atoms with Gasteiger partial charge in [0.1, 0.15) is 5.82 Å². The third-order valence-corrected chi connectivity index (χ3v) is 4.15. The smallest absolute Gasteiger partial charge is 0.222 e. The lowest BCUT2D eigenvalue weighted by Crippen LogP contribution is -2.29. The summed E-state index contributed by atoms with van der Waals surface area (Å²) in [4.78, 5) is 13.4. The van der Waals surface area contributed by atoms with E-state index in [4.69, 9.17) is 0 Å². The largest absolute Gasteiger partial charge is 0.343 e. The van der Waals surface area contributed by atoms with Crippen LogP contribution in [0.1, 0.15) is 37.8 Å². The van der Waals surface area contributed by atoms with Crippen molar-refractivity contribution in [3.63, 3.8) is 0 Å². The van der Waals surface area contributed by atoms with Crippen LogP contribution in [-0.2, 0) is 4.79 Å². The van der Waals surface area contributed by atoms with Gasteiger partial charge in [-0.15, -0.1) is 0 Å². The van der Waals surface area contributed by atoms with Crippen LogP contribution in [0.3, 0.4) is 0 Å². The second-order valence-corrected chi connectivity index (χ2v) is 6.10. The number of benzene rings is 1. The van der Waals surface area contributed by atoms with E-state index in [0.29, 0.717) is 12.0 Å². The Morgan fingerprint density at radius 2 is 2.30 bits per heavy atom. The molecule has 1 amide bonds. The third kappa shape index (κ3) is 4.03. The Morgan fingerprint density at radius 3 is 2.95 bits per heavy atom. The number of halogens is 2. The van der Waals surface area contributed by atoms with Crippen LogP contribution in [0, 0.1) is 5.82 Å². The molecule has 3 nitrogen and oxygen atoms in total. The van der Waals surface area contributed by atoms with Gasteiger partial charge >= 0.3 is 0 Å². The molecular weight excluding hydrogens is 323 g/mol. The number of hydrogen-bond acceptors (Lipinski definition) is 2. The topological polar surface area (TPSA) is 32.3 Å². The van der Waals surface area contributed by atoms with Crippen LogP contribution < -0.4 is 5.32 Å². The first-order valence-corrected chi connectivity index (χ1v) is 7.83. The molecule has 1 fully saturated rings. The third-order valence-electron chi connectivity index (χ3n) is 3.66. The maximum atomic E-state index is 13.8.